The van der Waals surface area contributed by atoms with E-state index in [9.17, 15) is 9.18 Å². The minimum absolute atomic E-state index is 0.0637. The molecule has 2 aromatic rings. The molecule has 5 heteroatoms. The Balaban J connectivity index is 2.41. The smallest absolute Gasteiger partial charge is 0.231 e. The molecule has 16 heavy (non-hydrogen) atoms. The molecular formula is C11H5BrClFO2. The summed E-state index contributed by atoms with van der Waals surface area (Å²) in [5, 5.41) is 0.245. The summed E-state index contributed by atoms with van der Waals surface area (Å²) in [6, 6.07) is 6.92. The fourth-order valence-electron chi connectivity index (χ4n) is 1.24. The van der Waals surface area contributed by atoms with E-state index < -0.39 is 11.6 Å². The summed E-state index contributed by atoms with van der Waals surface area (Å²) in [7, 11) is 0. The van der Waals surface area contributed by atoms with Gasteiger partial charge >= 0.3 is 0 Å². The Bertz CT molecular complexity index is 551. The largest absolute Gasteiger partial charge is 0.446 e. The second-order valence-corrected chi connectivity index (χ2v) is 4.28. The number of furan rings is 1. The average Bonchev–Trinajstić information content (AvgIpc) is 2.64. The van der Waals surface area contributed by atoms with Crippen LogP contribution in [0.25, 0.3) is 0 Å². The van der Waals surface area contributed by atoms with Gasteiger partial charge in [0.25, 0.3) is 0 Å². The molecule has 0 radical (unpaired) electrons. The average molecular weight is 304 g/mol. The molecule has 0 fully saturated rings. The lowest BCUT2D eigenvalue weighted by atomic mass is 10.1. The Hall–Kier alpha value is -1.13. The van der Waals surface area contributed by atoms with Gasteiger partial charge in [0, 0.05) is 5.02 Å². The molecule has 0 spiro atoms. The molecule has 0 atom stereocenters. The van der Waals surface area contributed by atoms with Crippen LogP contribution >= 0.6 is 27.5 Å². The van der Waals surface area contributed by atoms with Crippen LogP contribution in [-0.2, 0) is 0 Å². The van der Waals surface area contributed by atoms with Crippen molar-refractivity contribution in [3.8, 4) is 0 Å². The van der Waals surface area contributed by atoms with E-state index >= 15 is 0 Å². The molecule has 0 unspecified atom stereocenters. The molecule has 0 aliphatic carbocycles. The van der Waals surface area contributed by atoms with Crippen LogP contribution in [0.15, 0.2) is 39.4 Å². The number of benzene rings is 1. The third kappa shape index (κ3) is 2.18. The summed E-state index contributed by atoms with van der Waals surface area (Å²) in [6.07, 6.45) is 0. The molecule has 1 heterocycles. The van der Waals surface area contributed by atoms with Crippen molar-refractivity contribution in [2.75, 3.05) is 0 Å². The Morgan fingerprint density at radius 2 is 2.06 bits per heavy atom. The van der Waals surface area contributed by atoms with Gasteiger partial charge < -0.3 is 4.42 Å². The lowest BCUT2D eigenvalue weighted by Crippen LogP contribution is -2.02. The molecule has 1 aromatic carbocycles. The molecule has 82 valence electrons. The quantitative estimate of drug-likeness (QED) is 0.783. The summed E-state index contributed by atoms with van der Waals surface area (Å²) in [6.45, 7) is 0. The van der Waals surface area contributed by atoms with Gasteiger partial charge in [0.05, 0.1) is 5.56 Å². The second kappa shape index (κ2) is 4.39. The van der Waals surface area contributed by atoms with Crippen molar-refractivity contribution in [3.63, 3.8) is 0 Å². The Morgan fingerprint density at radius 1 is 1.31 bits per heavy atom. The molecular weight excluding hydrogens is 298 g/mol. The summed E-state index contributed by atoms with van der Waals surface area (Å²) in [5.74, 6) is -1.10. The highest BCUT2D eigenvalue weighted by atomic mass is 79.9. The van der Waals surface area contributed by atoms with Crippen molar-refractivity contribution in [1.82, 2.24) is 0 Å². The zero-order chi connectivity index (χ0) is 11.7. The highest BCUT2D eigenvalue weighted by Crippen LogP contribution is 2.21. The molecule has 0 saturated heterocycles. The van der Waals surface area contributed by atoms with E-state index in [0.717, 1.165) is 6.07 Å². The molecule has 1 aromatic heterocycles. The zero-order valence-electron chi connectivity index (χ0n) is 7.84. The molecule has 0 bridgehead atoms. The number of ketones is 1. The van der Waals surface area contributed by atoms with E-state index in [1.165, 1.54) is 18.2 Å². The van der Waals surface area contributed by atoms with Crippen LogP contribution in [-0.4, -0.2) is 5.78 Å². The normalized spacial score (nSPS) is 10.4. The first kappa shape index (κ1) is 11.4. The fraction of sp³-hybridized carbons (Fsp3) is 0. The van der Waals surface area contributed by atoms with Gasteiger partial charge in [-0.25, -0.2) is 4.39 Å². The van der Waals surface area contributed by atoms with E-state index in [0.29, 0.717) is 4.67 Å². The Morgan fingerprint density at radius 3 is 2.62 bits per heavy atom. The van der Waals surface area contributed by atoms with E-state index in [1.807, 2.05) is 0 Å². The SMILES string of the molecule is O=C(c1ccc(Br)o1)c1ccc(Cl)cc1F. The molecule has 0 N–H and O–H groups in total. The van der Waals surface area contributed by atoms with E-state index in [1.54, 1.807) is 6.07 Å². The first-order valence-corrected chi connectivity index (χ1v) is 5.50. The van der Waals surface area contributed by atoms with Crippen molar-refractivity contribution in [2.24, 2.45) is 0 Å². The van der Waals surface area contributed by atoms with Crippen molar-refractivity contribution in [1.29, 1.82) is 0 Å². The lowest BCUT2D eigenvalue weighted by molar-refractivity contribution is 0.100. The highest BCUT2D eigenvalue weighted by molar-refractivity contribution is 9.10. The maximum Gasteiger partial charge on any atom is 0.231 e. The molecule has 2 nitrogen and oxygen atoms in total. The topological polar surface area (TPSA) is 30.2 Å². The van der Waals surface area contributed by atoms with Gasteiger partial charge in [0.2, 0.25) is 5.78 Å². The van der Waals surface area contributed by atoms with Crippen LogP contribution in [0.5, 0.6) is 0 Å². The maximum absolute atomic E-state index is 13.4. The van der Waals surface area contributed by atoms with Crippen LogP contribution in [0.1, 0.15) is 16.1 Å². The van der Waals surface area contributed by atoms with Crippen molar-refractivity contribution < 1.29 is 13.6 Å². The standard InChI is InChI=1S/C11H5BrClFO2/c12-10-4-3-9(16-10)11(15)7-2-1-6(13)5-8(7)14/h1-5H. The summed E-state index contributed by atoms with van der Waals surface area (Å²) < 4.78 is 18.9. The first-order valence-electron chi connectivity index (χ1n) is 4.33. The van der Waals surface area contributed by atoms with Crippen molar-refractivity contribution in [2.45, 2.75) is 0 Å². The third-order valence-electron chi connectivity index (χ3n) is 1.97. The summed E-state index contributed by atoms with van der Waals surface area (Å²) >= 11 is 8.66. The predicted octanol–water partition coefficient (Wildman–Crippen LogP) is 4.07. The van der Waals surface area contributed by atoms with Gasteiger partial charge in [0.15, 0.2) is 10.4 Å². The van der Waals surface area contributed by atoms with Gasteiger partial charge in [-0.1, -0.05) is 11.6 Å². The van der Waals surface area contributed by atoms with Gasteiger partial charge in [-0.05, 0) is 46.3 Å². The molecule has 0 saturated carbocycles. The second-order valence-electron chi connectivity index (χ2n) is 3.06. The van der Waals surface area contributed by atoms with Crippen LogP contribution < -0.4 is 0 Å². The first-order chi connectivity index (χ1) is 7.58. The van der Waals surface area contributed by atoms with Crippen molar-refractivity contribution >= 4 is 33.3 Å². The van der Waals surface area contributed by atoms with E-state index in [-0.39, 0.29) is 16.3 Å². The van der Waals surface area contributed by atoms with Crippen LogP contribution in [0.4, 0.5) is 4.39 Å². The van der Waals surface area contributed by atoms with Crippen LogP contribution in [0.3, 0.4) is 0 Å². The Labute approximate surface area is 104 Å². The summed E-state index contributed by atoms with van der Waals surface area (Å²) in [5.41, 5.74) is -0.0637. The van der Waals surface area contributed by atoms with E-state index in [4.69, 9.17) is 16.0 Å². The van der Waals surface area contributed by atoms with Crippen molar-refractivity contribution in [3.05, 3.63) is 57.2 Å². The van der Waals surface area contributed by atoms with E-state index in [2.05, 4.69) is 15.9 Å². The van der Waals surface area contributed by atoms with Crippen LogP contribution in [0.2, 0.25) is 5.02 Å². The minimum atomic E-state index is -0.662. The highest BCUT2D eigenvalue weighted by Gasteiger charge is 2.17. The molecule has 0 aliphatic rings. The molecule has 0 aliphatic heterocycles. The maximum atomic E-state index is 13.4. The third-order valence-corrected chi connectivity index (χ3v) is 2.63. The van der Waals surface area contributed by atoms with Gasteiger partial charge in [0.1, 0.15) is 5.82 Å². The van der Waals surface area contributed by atoms with Gasteiger partial charge in [-0.2, -0.15) is 0 Å². The summed E-state index contributed by atoms with van der Waals surface area (Å²) in [4.78, 5) is 11.8. The zero-order valence-corrected chi connectivity index (χ0v) is 10.2. The number of halogens is 3. The number of rotatable bonds is 2. The number of hydrogen-bond acceptors (Lipinski definition) is 2. The Kier molecular flexibility index (Phi) is 3.12. The minimum Gasteiger partial charge on any atom is -0.446 e. The monoisotopic (exact) mass is 302 g/mol. The number of carbonyl (C=O) groups excluding carboxylic acids is 1. The fourth-order valence-corrected chi connectivity index (χ4v) is 1.71. The molecule has 0 amide bonds. The van der Waals surface area contributed by atoms with Crippen LogP contribution in [0, 0.1) is 5.82 Å². The predicted molar refractivity (Wildman–Crippen MR) is 61.3 cm³/mol. The lowest BCUT2D eigenvalue weighted by Gasteiger charge is -2.00. The van der Waals surface area contributed by atoms with Gasteiger partial charge in [-0.3, -0.25) is 4.79 Å². The number of hydrogen-bond donors (Lipinski definition) is 0. The van der Waals surface area contributed by atoms with Gasteiger partial charge in [-0.15, -0.1) is 0 Å². The molecule has 2 rings (SSSR count). The number of carbonyl (C=O) groups is 1.